The molecule has 1 rings (SSSR count). The van der Waals surface area contributed by atoms with E-state index < -0.39 is 22.2 Å². The van der Waals surface area contributed by atoms with E-state index in [4.69, 9.17) is 4.74 Å². The lowest BCUT2D eigenvalue weighted by atomic mass is 10.4. The Hall–Kier alpha value is -0.660. The Bertz CT molecular complexity index is 335. The summed E-state index contributed by atoms with van der Waals surface area (Å²) in [4.78, 5) is 11.3. The van der Waals surface area contributed by atoms with Crippen LogP contribution in [0.25, 0.3) is 0 Å². The highest BCUT2D eigenvalue weighted by molar-refractivity contribution is 7.87. The maximum absolute atomic E-state index is 11.8. The van der Waals surface area contributed by atoms with Crippen LogP contribution in [-0.4, -0.2) is 44.4 Å². The van der Waals surface area contributed by atoms with Crippen LogP contribution in [0.4, 0.5) is 0 Å². The van der Waals surface area contributed by atoms with E-state index in [1.807, 2.05) is 0 Å². The van der Waals surface area contributed by atoms with E-state index in [0.29, 0.717) is 13.1 Å². The summed E-state index contributed by atoms with van der Waals surface area (Å²) in [7, 11) is -3.54. The van der Waals surface area contributed by atoms with Gasteiger partial charge in [-0.3, -0.25) is 4.79 Å². The first-order chi connectivity index (χ1) is 7.47. The van der Waals surface area contributed by atoms with Gasteiger partial charge in [-0.2, -0.15) is 17.4 Å². The van der Waals surface area contributed by atoms with E-state index in [-0.39, 0.29) is 6.61 Å². The molecule has 1 aliphatic heterocycles. The van der Waals surface area contributed by atoms with Gasteiger partial charge in [0.2, 0.25) is 0 Å². The molecule has 0 radical (unpaired) electrons. The summed E-state index contributed by atoms with van der Waals surface area (Å²) in [6.07, 6.45) is 1.74. The fourth-order valence-corrected chi connectivity index (χ4v) is 2.97. The third-order valence-electron chi connectivity index (χ3n) is 2.37. The fourth-order valence-electron chi connectivity index (χ4n) is 1.54. The predicted octanol–water partition coefficient (Wildman–Crippen LogP) is -0.132. The lowest BCUT2D eigenvalue weighted by Crippen LogP contribution is -2.46. The van der Waals surface area contributed by atoms with Gasteiger partial charge < -0.3 is 4.74 Å². The van der Waals surface area contributed by atoms with Crippen LogP contribution in [0.15, 0.2) is 0 Å². The van der Waals surface area contributed by atoms with Crippen LogP contribution in [0.5, 0.6) is 0 Å². The Balaban J connectivity index is 2.54. The third kappa shape index (κ3) is 3.43. The van der Waals surface area contributed by atoms with Crippen LogP contribution in [0.2, 0.25) is 0 Å². The lowest BCUT2D eigenvalue weighted by Gasteiger charge is -2.19. The van der Waals surface area contributed by atoms with Gasteiger partial charge in [-0.15, -0.1) is 0 Å². The second-order valence-electron chi connectivity index (χ2n) is 3.70. The zero-order chi connectivity index (χ0) is 12.2. The summed E-state index contributed by atoms with van der Waals surface area (Å²) >= 11 is 0. The number of rotatable bonds is 5. The van der Waals surface area contributed by atoms with Gasteiger partial charge in [0.15, 0.2) is 0 Å². The first kappa shape index (κ1) is 13.4. The normalized spacial score (nSPS) is 19.6. The van der Waals surface area contributed by atoms with Gasteiger partial charge in [-0.05, 0) is 26.7 Å². The molecule has 0 aromatic carbocycles. The summed E-state index contributed by atoms with van der Waals surface area (Å²) in [5.41, 5.74) is 0. The van der Waals surface area contributed by atoms with E-state index >= 15 is 0 Å². The molecule has 1 heterocycles. The monoisotopic (exact) mass is 250 g/mol. The van der Waals surface area contributed by atoms with Crippen molar-refractivity contribution >= 4 is 16.2 Å². The van der Waals surface area contributed by atoms with Gasteiger partial charge in [0.1, 0.15) is 6.04 Å². The molecule has 0 spiro atoms. The highest BCUT2D eigenvalue weighted by atomic mass is 32.2. The summed E-state index contributed by atoms with van der Waals surface area (Å²) in [5, 5.41) is 0. The molecule has 0 aliphatic carbocycles. The van der Waals surface area contributed by atoms with Crippen molar-refractivity contribution in [3.8, 4) is 0 Å². The van der Waals surface area contributed by atoms with Crippen molar-refractivity contribution in [2.75, 3.05) is 19.7 Å². The maximum Gasteiger partial charge on any atom is 0.323 e. The van der Waals surface area contributed by atoms with Crippen molar-refractivity contribution in [1.29, 1.82) is 0 Å². The van der Waals surface area contributed by atoms with Crippen LogP contribution in [-0.2, 0) is 19.7 Å². The number of carbonyl (C=O) groups is 1. The van der Waals surface area contributed by atoms with Crippen molar-refractivity contribution in [3.63, 3.8) is 0 Å². The van der Waals surface area contributed by atoms with E-state index in [2.05, 4.69) is 4.72 Å². The number of hydrogen-bond acceptors (Lipinski definition) is 4. The molecule has 7 heteroatoms. The highest BCUT2D eigenvalue weighted by Gasteiger charge is 2.28. The molecule has 1 atom stereocenters. The van der Waals surface area contributed by atoms with Crippen LogP contribution >= 0.6 is 0 Å². The number of esters is 1. The number of nitrogens with zero attached hydrogens (tertiary/aromatic N) is 1. The molecule has 0 bridgehead atoms. The second kappa shape index (κ2) is 5.60. The van der Waals surface area contributed by atoms with Crippen LogP contribution in [0.3, 0.4) is 0 Å². The molecule has 6 nitrogen and oxygen atoms in total. The van der Waals surface area contributed by atoms with Crippen LogP contribution in [0.1, 0.15) is 26.7 Å². The fraction of sp³-hybridized carbons (Fsp3) is 0.889. The molecule has 0 aromatic heterocycles. The SMILES string of the molecule is CCOC(=O)C(C)NS(=O)(=O)N1CCCC1. The average Bonchev–Trinajstić information content (AvgIpc) is 2.70. The molecule has 1 fully saturated rings. The average molecular weight is 250 g/mol. The van der Waals surface area contributed by atoms with Crippen molar-refractivity contribution in [3.05, 3.63) is 0 Å². The van der Waals surface area contributed by atoms with Crippen molar-refractivity contribution in [2.24, 2.45) is 0 Å². The van der Waals surface area contributed by atoms with Gasteiger partial charge in [0.05, 0.1) is 6.61 Å². The van der Waals surface area contributed by atoms with E-state index in [9.17, 15) is 13.2 Å². The molecule has 16 heavy (non-hydrogen) atoms. The molecular weight excluding hydrogens is 232 g/mol. The number of ether oxygens (including phenoxy) is 1. The largest absolute Gasteiger partial charge is 0.465 e. The molecule has 0 amide bonds. The number of carbonyl (C=O) groups excluding carboxylic acids is 1. The first-order valence-corrected chi connectivity index (χ1v) is 6.85. The summed E-state index contributed by atoms with van der Waals surface area (Å²) in [6.45, 7) is 4.44. The van der Waals surface area contributed by atoms with Crippen LogP contribution < -0.4 is 4.72 Å². The van der Waals surface area contributed by atoms with Gasteiger partial charge in [-0.25, -0.2) is 0 Å². The molecule has 1 aliphatic rings. The van der Waals surface area contributed by atoms with Crippen molar-refractivity contribution in [1.82, 2.24) is 9.03 Å². The predicted molar refractivity (Wildman–Crippen MR) is 59.0 cm³/mol. The maximum atomic E-state index is 11.8. The molecule has 94 valence electrons. The first-order valence-electron chi connectivity index (χ1n) is 5.41. The molecular formula is C9H18N2O4S. The number of hydrogen-bond donors (Lipinski definition) is 1. The summed E-state index contributed by atoms with van der Waals surface area (Å²) < 4.78 is 31.9. The zero-order valence-corrected chi connectivity index (χ0v) is 10.4. The Morgan fingerprint density at radius 1 is 1.44 bits per heavy atom. The Labute approximate surface area is 96.1 Å². The van der Waals surface area contributed by atoms with Gasteiger partial charge in [0, 0.05) is 13.1 Å². The Morgan fingerprint density at radius 2 is 2.00 bits per heavy atom. The minimum Gasteiger partial charge on any atom is -0.465 e. The minimum absolute atomic E-state index is 0.245. The van der Waals surface area contributed by atoms with Crippen LogP contribution in [0, 0.1) is 0 Å². The smallest absolute Gasteiger partial charge is 0.323 e. The summed E-state index contributed by atoms with van der Waals surface area (Å²) in [6, 6.07) is -0.842. The summed E-state index contributed by atoms with van der Waals surface area (Å²) in [5.74, 6) is -0.551. The standard InChI is InChI=1S/C9H18N2O4S/c1-3-15-9(12)8(2)10-16(13,14)11-6-4-5-7-11/h8,10H,3-7H2,1-2H3. The lowest BCUT2D eigenvalue weighted by molar-refractivity contribution is -0.144. The molecule has 1 unspecified atom stereocenters. The van der Waals surface area contributed by atoms with Crippen molar-refractivity contribution < 1.29 is 17.9 Å². The number of nitrogens with one attached hydrogen (secondary N) is 1. The van der Waals surface area contributed by atoms with Gasteiger partial charge in [-0.1, -0.05) is 0 Å². The minimum atomic E-state index is -3.54. The quantitative estimate of drug-likeness (QED) is 0.690. The molecule has 1 saturated heterocycles. The molecule has 1 N–H and O–H groups in total. The Morgan fingerprint density at radius 3 is 2.50 bits per heavy atom. The molecule has 0 aromatic rings. The van der Waals surface area contributed by atoms with Gasteiger partial charge in [0.25, 0.3) is 10.2 Å². The van der Waals surface area contributed by atoms with E-state index in [0.717, 1.165) is 12.8 Å². The Kier molecular flexibility index (Phi) is 4.69. The van der Waals surface area contributed by atoms with E-state index in [1.165, 1.54) is 11.2 Å². The highest BCUT2D eigenvalue weighted by Crippen LogP contribution is 2.11. The third-order valence-corrected chi connectivity index (χ3v) is 4.07. The second-order valence-corrected chi connectivity index (χ2v) is 5.41. The van der Waals surface area contributed by atoms with E-state index in [1.54, 1.807) is 6.92 Å². The topological polar surface area (TPSA) is 75.7 Å². The van der Waals surface area contributed by atoms with Crippen molar-refractivity contribution in [2.45, 2.75) is 32.7 Å². The van der Waals surface area contributed by atoms with Gasteiger partial charge >= 0.3 is 5.97 Å². The zero-order valence-electron chi connectivity index (χ0n) is 9.60. The molecule has 0 saturated carbocycles.